The topological polar surface area (TPSA) is 12.0 Å². The zero-order valence-electron chi connectivity index (χ0n) is 9.45. The van der Waals surface area contributed by atoms with Crippen LogP contribution in [0, 0.1) is 0 Å². The van der Waals surface area contributed by atoms with Crippen molar-refractivity contribution in [2.75, 3.05) is 0 Å². The van der Waals surface area contributed by atoms with Crippen molar-refractivity contribution in [1.29, 1.82) is 0 Å². The van der Waals surface area contributed by atoms with Crippen molar-refractivity contribution in [1.82, 2.24) is 4.13 Å². The van der Waals surface area contributed by atoms with Gasteiger partial charge in [-0.05, 0) is 30.1 Å². The van der Waals surface area contributed by atoms with E-state index in [4.69, 9.17) is 0 Å². The first-order valence-electron chi connectivity index (χ1n) is 4.75. The van der Waals surface area contributed by atoms with Crippen molar-refractivity contribution < 1.29 is 39.5 Å². The molecule has 0 heterocycles. The summed E-state index contributed by atoms with van der Waals surface area (Å²) in [5.41, 5.74) is -7.92. The number of rotatable bonds is 3. The molecular weight excluding hydrogens is 357 g/mol. The summed E-state index contributed by atoms with van der Waals surface area (Å²) >= 11 is -0.794. The first-order valence-corrected chi connectivity index (χ1v) is 6.38. The third-order valence-electron chi connectivity index (χ3n) is 1.88. The van der Waals surface area contributed by atoms with Crippen LogP contribution in [-0.4, -0.2) is 5.51 Å². The molecular formula is C9H4F9NS2. The van der Waals surface area contributed by atoms with Gasteiger partial charge in [0, 0.05) is 16.8 Å². The predicted octanol–water partition coefficient (Wildman–Crippen LogP) is 5.49. The number of nitrogens with one attached hydrogen (secondary N) is 1. The fourth-order valence-electron chi connectivity index (χ4n) is 1.10. The molecule has 120 valence electrons. The zero-order chi connectivity index (χ0) is 16.5. The lowest BCUT2D eigenvalue weighted by Crippen LogP contribution is -2.12. The Hall–Kier alpha value is -0.750. The maximum absolute atomic E-state index is 12.5. The molecule has 0 unspecified atom stereocenters. The Kier molecular flexibility index (Phi) is 5.37. The van der Waals surface area contributed by atoms with Crippen LogP contribution in [0.3, 0.4) is 0 Å². The first-order chi connectivity index (χ1) is 9.29. The van der Waals surface area contributed by atoms with Crippen LogP contribution in [0.2, 0.25) is 0 Å². The SMILES string of the molecule is FC(F)(F)SNSc1cc(C(F)(F)F)cc(C(F)(F)F)c1. The molecule has 0 aliphatic carbocycles. The summed E-state index contributed by atoms with van der Waals surface area (Å²) in [4.78, 5) is -0.645. The van der Waals surface area contributed by atoms with E-state index in [9.17, 15) is 39.5 Å². The summed E-state index contributed by atoms with van der Waals surface area (Å²) in [6.07, 6.45) is -10.1. The standard InChI is InChI=1S/C9H4F9NS2/c10-7(11,12)4-1-5(8(13,14)15)3-6(2-4)20-19-21-9(16,17)18/h1-3,19H. The molecule has 0 amide bonds. The van der Waals surface area contributed by atoms with E-state index < -0.39 is 45.8 Å². The summed E-state index contributed by atoms with van der Waals surface area (Å²) in [5.74, 6) is 0. The van der Waals surface area contributed by atoms with Gasteiger partial charge in [-0.2, -0.15) is 43.6 Å². The van der Waals surface area contributed by atoms with Crippen LogP contribution >= 0.6 is 23.9 Å². The molecule has 1 nitrogen and oxygen atoms in total. The van der Waals surface area contributed by atoms with Crippen molar-refractivity contribution in [3.8, 4) is 0 Å². The van der Waals surface area contributed by atoms with E-state index in [-0.39, 0.29) is 18.0 Å². The second-order valence-electron chi connectivity index (χ2n) is 3.47. The Morgan fingerprint density at radius 3 is 1.48 bits per heavy atom. The van der Waals surface area contributed by atoms with Gasteiger partial charge in [-0.15, -0.1) is 0 Å². The second-order valence-corrected chi connectivity index (χ2v) is 5.48. The van der Waals surface area contributed by atoms with Crippen LogP contribution in [0.1, 0.15) is 11.1 Å². The number of halogens is 9. The van der Waals surface area contributed by atoms with Gasteiger partial charge >= 0.3 is 17.9 Å². The smallest absolute Gasteiger partial charge is 0.196 e. The van der Waals surface area contributed by atoms with E-state index in [0.29, 0.717) is 12.1 Å². The lowest BCUT2D eigenvalue weighted by molar-refractivity contribution is -0.143. The minimum Gasteiger partial charge on any atom is -0.196 e. The number of benzene rings is 1. The van der Waals surface area contributed by atoms with Crippen molar-refractivity contribution in [2.24, 2.45) is 0 Å². The van der Waals surface area contributed by atoms with Crippen LogP contribution in [0.5, 0.6) is 0 Å². The Bertz CT molecular complexity index is 459. The highest BCUT2D eigenvalue weighted by Crippen LogP contribution is 2.39. The molecule has 21 heavy (non-hydrogen) atoms. The highest BCUT2D eigenvalue weighted by molar-refractivity contribution is 8.13. The fourth-order valence-corrected chi connectivity index (χ4v) is 2.40. The third-order valence-corrected chi connectivity index (χ3v) is 3.25. The Morgan fingerprint density at radius 1 is 0.714 bits per heavy atom. The summed E-state index contributed by atoms with van der Waals surface area (Å²) < 4.78 is 112. The van der Waals surface area contributed by atoms with E-state index in [1.165, 1.54) is 0 Å². The molecule has 1 aromatic rings. The van der Waals surface area contributed by atoms with Crippen molar-refractivity contribution in [2.45, 2.75) is 22.8 Å². The molecule has 12 heteroatoms. The van der Waals surface area contributed by atoms with E-state index >= 15 is 0 Å². The number of alkyl halides is 9. The van der Waals surface area contributed by atoms with Gasteiger partial charge in [0.05, 0.1) is 11.1 Å². The summed E-state index contributed by atoms with van der Waals surface area (Å²) in [7, 11) is 0. The van der Waals surface area contributed by atoms with Gasteiger partial charge in [-0.1, -0.05) is 0 Å². The minimum atomic E-state index is -5.05. The van der Waals surface area contributed by atoms with E-state index in [1.807, 2.05) is 0 Å². The molecule has 0 fully saturated rings. The van der Waals surface area contributed by atoms with Crippen molar-refractivity contribution in [3.05, 3.63) is 29.3 Å². The van der Waals surface area contributed by atoms with Gasteiger partial charge in [0.25, 0.3) is 0 Å². The zero-order valence-corrected chi connectivity index (χ0v) is 11.1. The van der Waals surface area contributed by atoms with Crippen LogP contribution in [0.15, 0.2) is 23.1 Å². The fraction of sp³-hybridized carbons (Fsp3) is 0.333. The summed E-state index contributed by atoms with van der Waals surface area (Å²) in [6.45, 7) is 0. The Balaban J connectivity index is 3.03. The molecule has 0 aliphatic rings. The Morgan fingerprint density at radius 2 is 1.14 bits per heavy atom. The highest BCUT2D eigenvalue weighted by atomic mass is 32.2. The van der Waals surface area contributed by atoms with Crippen LogP contribution in [-0.2, 0) is 12.4 Å². The van der Waals surface area contributed by atoms with E-state index in [2.05, 4.69) is 0 Å². The van der Waals surface area contributed by atoms with Gasteiger partial charge in [-0.25, -0.2) is 0 Å². The highest BCUT2D eigenvalue weighted by Gasteiger charge is 2.37. The monoisotopic (exact) mass is 361 g/mol. The molecule has 1 N–H and O–H groups in total. The lowest BCUT2D eigenvalue weighted by atomic mass is 10.1. The molecule has 1 aromatic carbocycles. The van der Waals surface area contributed by atoms with Gasteiger partial charge < -0.3 is 0 Å². The van der Waals surface area contributed by atoms with E-state index in [1.54, 1.807) is 4.13 Å². The van der Waals surface area contributed by atoms with Crippen LogP contribution in [0.4, 0.5) is 39.5 Å². The van der Waals surface area contributed by atoms with Crippen molar-refractivity contribution >= 4 is 23.9 Å². The van der Waals surface area contributed by atoms with Crippen LogP contribution < -0.4 is 4.13 Å². The molecule has 0 saturated heterocycles. The van der Waals surface area contributed by atoms with Gasteiger partial charge in [0.1, 0.15) is 0 Å². The maximum Gasteiger partial charge on any atom is 0.457 e. The first kappa shape index (κ1) is 18.3. The molecule has 0 radical (unpaired) electrons. The van der Waals surface area contributed by atoms with Gasteiger partial charge in [-0.3, -0.25) is 0 Å². The maximum atomic E-state index is 12.5. The quantitative estimate of drug-likeness (QED) is 0.565. The van der Waals surface area contributed by atoms with Gasteiger partial charge in [0.2, 0.25) is 0 Å². The van der Waals surface area contributed by atoms with Gasteiger partial charge in [0.15, 0.2) is 0 Å². The third kappa shape index (κ3) is 6.26. The lowest BCUT2D eigenvalue weighted by Gasteiger charge is -2.14. The largest absolute Gasteiger partial charge is 0.457 e. The second kappa shape index (κ2) is 6.16. The molecule has 0 aromatic heterocycles. The minimum absolute atomic E-state index is 0.000810. The molecule has 0 bridgehead atoms. The van der Waals surface area contributed by atoms with E-state index in [0.717, 1.165) is 0 Å². The summed E-state index contributed by atoms with van der Waals surface area (Å²) in [6, 6.07) is 0.536. The normalized spacial score (nSPS) is 13.6. The van der Waals surface area contributed by atoms with Crippen molar-refractivity contribution in [3.63, 3.8) is 0 Å². The summed E-state index contributed by atoms with van der Waals surface area (Å²) in [5, 5.41) is 0. The molecule has 0 saturated carbocycles. The molecule has 0 spiro atoms. The Labute approximate surface area is 120 Å². The number of hydrogen-bond donors (Lipinski definition) is 1. The average molecular weight is 361 g/mol. The molecule has 0 aliphatic heterocycles. The number of hydrogen-bond acceptors (Lipinski definition) is 3. The average Bonchev–Trinajstić information content (AvgIpc) is 2.24. The molecule has 0 atom stereocenters. The molecule has 1 rings (SSSR count). The predicted molar refractivity (Wildman–Crippen MR) is 59.1 cm³/mol. The van der Waals surface area contributed by atoms with Crippen LogP contribution in [0.25, 0.3) is 0 Å².